The van der Waals surface area contributed by atoms with Gasteiger partial charge in [0, 0.05) is 26.4 Å². The van der Waals surface area contributed by atoms with Crippen molar-refractivity contribution >= 4 is 25.3 Å². The van der Waals surface area contributed by atoms with Crippen molar-refractivity contribution in [1.82, 2.24) is 0 Å². The summed E-state index contributed by atoms with van der Waals surface area (Å²) in [4.78, 5) is 12.7. The smallest absolute Gasteiger partial charge is 0.357 e. The van der Waals surface area contributed by atoms with E-state index in [0.29, 0.717) is 5.75 Å². The minimum Gasteiger partial charge on any atom is -0.458 e. The van der Waals surface area contributed by atoms with Crippen molar-refractivity contribution in [2.45, 2.75) is 37.3 Å². The van der Waals surface area contributed by atoms with Gasteiger partial charge in [0.2, 0.25) is 4.49 Å². The summed E-state index contributed by atoms with van der Waals surface area (Å²) in [6.45, 7) is 12.5. The molecule has 0 aromatic heterocycles. The van der Waals surface area contributed by atoms with E-state index in [9.17, 15) is 9.36 Å². The molecule has 0 aromatic rings. The fraction of sp³-hybridized carbons (Fsp3) is 0.643. The highest BCUT2D eigenvalue weighted by Gasteiger charge is 2.57. The molecule has 1 atom stereocenters. The molecule has 0 bridgehead atoms. The fourth-order valence-electron chi connectivity index (χ4n) is 1.62. The van der Waals surface area contributed by atoms with E-state index in [2.05, 4.69) is 13.2 Å². The van der Waals surface area contributed by atoms with Crippen molar-refractivity contribution in [1.29, 1.82) is 0 Å². The first-order valence-electron chi connectivity index (χ1n) is 6.43. The van der Waals surface area contributed by atoms with Crippen LogP contribution in [0.4, 0.5) is 0 Å². The van der Waals surface area contributed by atoms with Crippen LogP contribution in [0.2, 0.25) is 0 Å². The van der Waals surface area contributed by atoms with E-state index in [1.165, 1.54) is 20.3 Å². The molecule has 0 N–H and O–H groups in total. The number of esters is 1. The SMILES string of the molecule is C=CCSC(CC=C)(C(=O)OC(C)(C)C)P(=O)(OC)OC. The summed E-state index contributed by atoms with van der Waals surface area (Å²) in [7, 11) is -1.24. The summed E-state index contributed by atoms with van der Waals surface area (Å²) < 4.78 is 27.0. The highest BCUT2D eigenvalue weighted by Crippen LogP contribution is 2.66. The second-order valence-corrected chi connectivity index (χ2v) is 9.35. The Balaban J connectivity index is 5.90. The molecule has 0 aliphatic heterocycles. The van der Waals surface area contributed by atoms with Crippen LogP contribution in [0.25, 0.3) is 0 Å². The van der Waals surface area contributed by atoms with Crippen molar-refractivity contribution in [3.05, 3.63) is 25.3 Å². The minimum absolute atomic E-state index is 0.0966. The van der Waals surface area contributed by atoms with Crippen LogP contribution in [0.5, 0.6) is 0 Å². The molecule has 0 heterocycles. The lowest BCUT2D eigenvalue weighted by Gasteiger charge is -2.36. The second-order valence-electron chi connectivity index (χ2n) is 5.24. The molecular formula is C14H25O5PS. The summed E-state index contributed by atoms with van der Waals surface area (Å²) in [5, 5.41) is 0. The van der Waals surface area contributed by atoms with Crippen LogP contribution >= 0.6 is 19.4 Å². The Morgan fingerprint density at radius 3 is 2.05 bits per heavy atom. The summed E-state index contributed by atoms with van der Waals surface area (Å²) in [6.07, 6.45) is 3.21. The Bertz CT molecular complexity index is 422. The zero-order chi connectivity index (χ0) is 16.7. The zero-order valence-electron chi connectivity index (χ0n) is 13.4. The molecule has 5 nitrogen and oxygen atoms in total. The van der Waals surface area contributed by atoms with Gasteiger partial charge in [0.25, 0.3) is 0 Å². The number of carbonyl (C=O) groups is 1. The molecule has 122 valence electrons. The minimum atomic E-state index is -3.74. The highest BCUT2D eigenvalue weighted by molar-refractivity contribution is 8.07. The van der Waals surface area contributed by atoms with Crippen molar-refractivity contribution in [3.63, 3.8) is 0 Å². The van der Waals surface area contributed by atoms with Crippen molar-refractivity contribution in [2.24, 2.45) is 0 Å². The van der Waals surface area contributed by atoms with E-state index >= 15 is 0 Å². The molecule has 0 amide bonds. The largest absolute Gasteiger partial charge is 0.458 e. The summed E-state index contributed by atoms with van der Waals surface area (Å²) >= 11 is 1.12. The van der Waals surface area contributed by atoms with Crippen LogP contribution in [0.3, 0.4) is 0 Å². The molecule has 7 heteroatoms. The van der Waals surface area contributed by atoms with Gasteiger partial charge >= 0.3 is 13.6 Å². The van der Waals surface area contributed by atoms with Crippen LogP contribution in [-0.4, -0.2) is 36.0 Å². The molecule has 0 fully saturated rings. The number of ether oxygens (including phenoxy) is 1. The molecule has 21 heavy (non-hydrogen) atoms. The Morgan fingerprint density at radius 1 is 1.19 bits per heavy atom. The number of thioether (sulfide) groups is 1. The van der Waals surface area contributed by atoms with Gasteiger partial charge in [-0.2, -0.15) is 0 Å². The Kier molecular flexibility index (Phi) is 7.97. The number of carbonyl (C=O) groups excluding carboxylic acids is 1. The molecule has 0 rings (SSSR count). The van der Waals surface area contributed by atoms with Crippen LogP contribution in [0.15, 0.2) is 25.3 Å². The molecule has 0 aliphatic rings. The van der Waals surface area contributed by atoms with Crippen molar-refractivity contribution in [2.75, 3.05) is 20.0 Å². The number of hydrogen-bond donors (Lipinski definition) is 0. The Hall–Kier alpha value is -0.550. The number of hydrogen-bond acceptors (Lipinski definition) is 6. The maximum Gasteiger partial charge on any atom is 0.357 e. The molecule has 0 saturated carbocycles. The van der Waals surface area contributed by atoms with E-state index in [0.717, 1.165) is 11.8 Å². The molecule has 1 unspecified atom stereocenters. The van der Waals surface area contributed by atoms with Gasteiger partial charge in [-0.05, 0) is 20.8 Å². The third-order valence-electron chi connectivity index (χ3n) is 2.50. The van der Waals surface area contributed by atoms with E-state index in [-0.39, 0.29) is 6.42 Å². The fourth-order valence-corrected chi connectivity index (χ4v) is 5.08. The highest BCUT2D eigenvalue weighted by atomic mass is 32.2. The second kappa shape index (κ2) is 8.18. The third-order valence-corrected chi connectivity index (χ3v) is 6.98. The average molecular weight is 336 g/mol. The Labute approximate surface area is 131 Å². The summed E-state index contributed by atoms with van der Waals surface area (Å²) in [5.41, 5.74) is -0.718. The maximum atomic E-state index is 12.9. The van der Waals surface area contributed by atoms with Crippen LogP contribution in [0, 0.1) is 0 Å². The number of allylic oxidation sites excluding steroid dienone is 1. The van der Waals surface area contributed by atoms with Gasteiger partial charge in [-0.1, -0.05) is 12.2 Å². The first-order chi connectivity index (χ1) is 9.62. The summed E-state index contributed by atoms with van der Waals surface area (Å²) in [5.74, 6) is -0.252. The van der Waals surface area contributed by atoms with Gasteiger partial charge in [0.1, 0.15) is 5.60 Å². The predicted molar refractivity (Wildman–Crippen MR) is 87.7 cm³/mol. The third kappa shape index (κ3) is 4.99. The molecule has 0 spiro atoms. The molecule has 0 aromatic carbocycles. The Morgan fingerprint density at radius 2 is 1.71 bits per heavy atom. The van der Waals surface area contributed by atoms with Crippen LogP contribution in [-0.2, 0) is 23.1 Å². The normalized spacial score (nSPS) is 15.1. The average Bonchev–Trinajstić information content (AvgIpc) is 2.40. The topological polar surface area (TPSA) is 61.8 Å². The lowest BCUT2D eigenvalue weighted by atomic mass is 10.2. The van der Waals surface area contributed by atoms with E-state index in [1.54, 1.807) is 26.8 Å². The predicted octanol–water partition coefficient (Wildman–Crippen LogP) is 4.01. The standard InChI is InChI=1S/C14H25O5PS/c1-8-10-14(21-11-9-2,20(16,17-6)18-7)12(15)19-13(3,4)5/h8-9H,1-2,10-11H2,3-7H3. The maximum absolute atomic E-state index is 12.9. The molecule has 0 aliphatic carbocycles. The van der Waals surface area contributed by atoms with Crippen LogP contribution in [0.1, 0.15) is 27.2 Å². The molecule has 0 radical (unpaired) electrons. The van der Waals surface area contributed by atoms with Gasteiger partial charge in [-0.15, -0.1) is 24.9 Å². The van der Waals surface area contributed by atoms with Gasteiger partial charge in [-0.3, -0.25) is 4.57 Å². The van der Waals surface area contributed by atoms with E-state index in [4.69, 9.17) is 13.8 Å². The zero-order valence-corrected chi connectivity index (χ0v) is 15.1. The lowest BCUT2D eigenvalue weighted by molar-refractivity contribution is -0.155. The van der Waals surface area contributed by atoms with E-state index < -0.39 is 23.7 Å². The van der Waals surface area contributed by atoms with Gasteiger partial charge in [0.15, 0.2) is 0 Å². The van der Waals surface area contributed by atoms with Crippen molar-refractivity contribution < 1.29 is 23.1 Å². The first-order valence-corrected chi connectivity index (χ1v) is 8.96. The van der Waals surface area contributed by atoms with Gasteiger partial charge in [0.05, 0.1) is 0 Å². The molecule has 0 saturated heterocycles. The van der Waals surface area contributed by atoms with Crippen LogP contribution < -0.4 is 0 Å². The monoisotopic (exact) mass is 336 g/mol. The quantitative estimate of drug-likeness (QED) is 0.360. The van der Waals surface area contributed by atoms with Crippen molar-refractivity contribution in [3.8, 4) is 0 Å². The first kappa shape index (κ1) is 20.5. The lowest BCUT2D eigenvalue weighted by Crippen LogP contribution is -2.41. The number of rotatable bonds is 9. The molecular weight excluding hydrogens is 311 g/mol. The summed E-state index contributed by atoms with van der Waals surface area (Å²) in [6, 6.07) is 0. The van der Waals surface area contributed by atoms with E-state index in [1.807, 2.05) is 0 Å². The van der Waals surface area contributed by atoms with Gasteiger partial charge in [-0.25, -0.2) is 4.79 Å². The van der Waals surface area contributed by atoms with Gasteiger partial charge < -0.3 is 13.8 Å².